The van der Waals surface area contributed by atoms with E-state index < -0.39 is 5.97 Å². The number of hydrogen-bond donors (Lipinski definition) is 1. The summed E-state index contributed by atoms with van der Waals surface area (Å²) >= 11 is 0. The van der Waals surface area contributed by atoms with Crippen LogP contribution in [0.2, 0.25) is 0 Å². The molecule has 1 atom stereocenters. The van der Waals surface area contributed by atoms with Gasteiger partial charge in [0.15, 0.2) is 0 Å². The molecular formula is C21H26N2O3. The van der Waals surface area contributed by atoms with Crippen LogP contribution in [0.25, 0.3) is 0 Å². The van der Waals surface area contributed by atoms with Crippen LogP contribution in [-0.2, 0) is 0 Å². The predicted molar refractivity (Wildman–Crippen MR) is 103 cm³/mol. The second kappa shape index (κ2) is 8.72. The van der Waals surface area contributed by atoms with Crippen LogP contribution in [0, 0.1) is 0 Å². The number of carbonyl (C=O) groups is 1. The normalized spacial score (nSPS) is 17.3. The number of para-hydroxylation sites is 2. The third-order valence-corrected chi connectivity index (χ3v) is 4.96. The van der Waals surface area contributed by atoms with E-state index in [0.29, 0.717) is 18.4 Å². The second-order valence-corrected chi connectivity index (χ2v) is 6.71. The van der Waals surface area contributed by atoms with Crippen molar-refractivity contribution in [1.29, 1.82) is 0 Å². The molecule has 2 aromatic rings. The lowest BCUT2D eigenvalue weighted by molar-refractivity contribution is 0.0691. The first kappa shape index (κ1) is 18.3. The number of rotatable bonds is 7. The topological polar surface area (TPSA) is 53.0 Å². The van der Waals surface area contributed by atoms with E-state index in [1.54, 1.807) is 24.3 Å². The summed E-state index contributed by atoms with van der Waals surface area (Å²) in [6, 6.07) is 17.8. The van der Waals surface area contributed by atoms with Gasteiger partial charge in [-0.1, -0.05) is 30.3 Å². The number of aromatic carboxylic acids is 1. The molecular weight excluding hydrogens is 328 g/mol. The molecule has 1 aliphatic heterocycles. The van der Waals surface area contributed by atoms with E-state index >= 15 is 0 Å². The van der Waals surface area contributed by atoms with Crippen molar-refractivity contribution in [2.45, 2.75) is 18.9 Å². The highest BCUT2D eigenvalue weighted by atomic mass is 16.5. The molecule has 138 valence electrons. The number of hydrogen-bond acceptors (Lipinski definition) is 4. The Balaban J connectivity index is 1.52. The first-order valence-corrected chi connectivity index (χ1v) is 9.10. The molecule has 1 heterocycles. The van der Waals surface area contributed by atoms with E-state index in [4.69, 9.17) is 4.74 Å². The number of benzene rings is 2. The molecule has 3 rings (SSSR count). The SMILES string of the molecule is CN(CCOc1ccccc1C(=O)O)[C@H]1CCCN(c2ccccc2)C1. The molecule has 1 aliphatic rings. The Morgan fingerprint density at radius 2 is 1.92 bits per heavy atom. The summed E-state index contributed by atoms with van der Waals surface area (Å²) in [5.74, 6) is -0.525. The Kier molecular flexibility index (Phi) is 6.12. The van der Waals surface area contributed by atoms with Crippen molar-refractivity contribution in [3.8, 4) is 5.75 Å². The van der Waals surface area contributed by atoms with E-state index in [9.17, 15) is 9.90 Å². The van der Waals surface area contributed by atoms with E-state index in [1.807, 2.05) is 6.07 Å². The third kappa shape index (κ3) is 4.55. The molecule has 5 nitrogen and oxygen atoms in total. The van der Waals surface area contributed by atoms with Crippen LogP contribution in [0.15, 0.2) is 54.6 Å². The van der Waals surface area contributed by atoms with Gasteiger partial charge in [-0.05, 0) is 44.2 Å². The molecule has 0 spiro atoms. The summed E-state index contributed by atoms with van der Waals surface area (Å²) in [6.07, 6.45) is 2.35. The summed E-state index contributed by atoms with van der Waals surface area (Å²) in [5.41, 5.74) is 1.49. The van der Waals surface area contributed by atoms with E-state index in [0.717, 1.165) is 19.6 Å². The van der Waals surface area contributed by atoms with Gasteiger partial charge in [0.1, 0.15) is 17.9 Å². The number of piperidine rings is 1. The molecule has 1 saturated heterocycles. The van der Waals surface area contributed by atoms with Gasteiger partial charge in [-0.3, -0.25) is 4.90 Å². The van der Waals surface area contributed by atoms with Gasteiger partial charge in [0.2, 0.25) is 0 Å². The molecule has 5 heteroatoms. The highest BCUT2D eigenvalue weighted by Gasteiger charge is 2.23. The minimum atomic E-state index is -0.959. The van der Waals surface area contributed by atoms with Gasteiger partial charge in [0.05, 0.1) is 0 Å². The van der Waals surface area contributed by atoms with Gasteiger partial charge in [0.25, 0.3) is 0 Å². The van der Waals surface area contributed by atoms with Crippen LogP contribution in [0.3, 0.4) is 0 Å². The zero-order valence-corrected chi connectivity index (χ0v) is 15.2. The average Bonchev–Trinajstić information content (AvgIpc) is 2.69. The number of carboxylic acids is 1. The van der Waals surface area contributed by atoms with Crippen LogP contribution >= 0.6 is 0 Å². The Morgan fingerprint density at radius 1 is 1.19 bits per heavy atom. The predicted octanol–water partition coefficient (Wildman–Crippen LogP) is 3.36. The molecule has 1 fully saturated rings. The molecule has 0 bridgehead atoms. The maximum Gasteiger partial charge on any atom is 0.339 e. The standard InChI is InChI=1S/C21H26N2O3/c1-22(14-15-26-20-12-6-5-11-19(20)21(24)25)18-10-7-13-23(16-18)17-8-3-2-4-9-17/h2-6,8-9,11-12,18H,7,10,13-16H2,1H3,(H,24,25)/t18-/m0/s1. The van der Waals surface area contributed by atoms with Crippen molar-refractivity contribution < 1.29 is 14.6 Å². The fraction of sp³-hybridized carbons (Fsp3) is 0.381. The smallest absolute Gasteiger partial charge is 0.339 e. The van der Waals surface area contributed by atoms with Gasteiger partial charge in [-0.2, -0.15) is 0 Å². The maximum absolute atomic E-state index is 11.2. The number of likely N-dealkylation sites (N-methyl/N-ethyl adjacent to an activating group) is 1. The summed E-state index contributed by atoms with van der Waals surface area (Å²) in [6.45, 7) is 3.34. The highest BCUT2D eigenvalue weighted by Crippen LogP contribution is 2.22. The summed E-state index contributed by atoms with van der Waals surface area (Å²) in [7, 11) is 2.12. The Labute approximate surface area is 154 Å². The third-order valence-electron chi connectivity index (χ3n) is 4.96. The van der Waals surface area contributed by atoms with Crippen LogP contribution in [0.1, 0.15) is 23.2 Å². The zero-order valence-electron chi connectivity index (χ0n) is 15.2. The largest absolute Gasteiger partial charge is 0.491 e. The number of carboxylic acid groups (broad SMARTS) is 1. The molecule has 1 N–H and O–H groups in total. The second-order valence-electron chi connectivity index (χ2n) is 6.71. The summed E-state index contributed by atoms with van der Waals surface area (Å²) < 4.78 is 5.74. The van der Waals surface area contributed by atoms with Crippen molar-refractivity contribution >= 4 is 11.7 Å². The molecule has 0 aliphatic carbocycles. The van der Waals surface area contributed by atoms with Crippen LogP contribution in [0.5, 0.6) is 5.75 Å². The van der Waals surface area contributed by atoms with Gasteiger partial charge < -0.3 is 14.7 Å². The fourth-order valence-electron chi connectivity index (χ4n) is 3.44. The monoisotopic (exact) mass is 354 g/mol. The first-order valence-electron chi connectivity index (χ1n) is 9.10. The van der Waals surface area contributed by atoms with Gasteiger partial charge >= 0.3 is 5.97 Å². The zero-order chi connectivity index (χ0) is 18.4. The van der Waals surface area contributed by atoms with Crippen LogP contribution < -0.4 is 9.64 Å². The molecule has 0 amide bonds. The molecule has 0 saturated carbocycles. The van der Waals surface area contributed by atoms with Gasteiger partial charge in [-0.15, -0.1) is 0 Å². The molecule has 26 heavy (non-hydrogen) atoms. The highest BCUT2D eigenvalue weighted by molar-refractivity contribution is 5.90. The number of nitrogens with zero attached hydrogens (tertiary/aromatic N) is 2. The lowest BCUT2D eigenvalue weighted by Gasteiger charge is -2.38. The van der Waals surface area contributed by atoms with Crippen molar-refractivity contribution in [3.05, 3.63) is 60.2 Å². The van der Waals surface area contributed by atoms with Crippen molar-refractivity contribution in [1.82, 2.24) is 4.90 Å². The van der Waals surface area contributed by atoms with Crippen molar-refractivity contribution in [3.63, 3.8) is 0 Å². The Hall–Kier alpha value is -2.53. The minimum absolute atomic E-state index is 0.211. The van der Waals surface area contributed by atoms with Gasteiger partial charge in [-0.25, -0.2) is 4.79 Å². The Bertz CT molecular complexity index is 720. The molecule has 2 aromatic carbocycles. The molecule has 0 radical (unpaired) electrons. The van der Waals surface area contributed by atoms with Crippen molar-refractivity contribution in [2.24, 2.45) is 0 Å². The lowest BCUT2D eigenvalue weighted by atomic mass is 10.0. The summed E-state index contributed by atoms with van der Waals surface area (Å²) in [4.78, 5) is 16.0. The lowest BCUT2D eigenvalue weighted by Crippen LogP contribution is -2.47. The van der Waals surface area contributed by atoms with E-state index in [2.05, 4.69) is 41.1 Å². The quantitative estimate of drug-likeness (QED) is 0.826. The van der Waals surface area contributed by atoms with Crippen LogP contribution in [-0.4, -0.2) is 55.3 Å². The fourth-order valence-corrected chi connectivity index (χ4v) is 3.44. The van der Waals surface area contributed by atoms with E-state index in [1.165, 1.54) is 18.5 Å². The summed E-state index contributed by atoms with van der Waals surface area (Å²) in [5, 5.41) is 9.22. The molecule has 0 aromatic heterocycles. The average molecular weight is 354 g/mol. The van der Waals surface area contributed by atoms with E-state index in [-0.39, 0.29) is 5.56 Å². The Morgan fingerprint density at radius 3 is 2.69 bits per heavy atom. The van der Waals surface area contributed by atoms with Gasteiger partial charge in [0, 0.05) is 31.4 Å². The van der Waals surface area contributed by atoms with Crippen molar-refractivity contribution in [2.75, 3.05) is 38.2 Å². The number of ether oxygens (including phenoxy) is 1. The molecule has 0 unspecified atom stereocenters. The minimum Gasteiger partial charge on any atom is -0.491 e. The van der Waals surface area contributed by atoms with Crippen LogP contribution in [0.4, 0.5) is 5.69 Å². The maximum atomic E-state index is 11.2. The first-order chi connectivity index (χ1) is 12.6. The number of anilines is 1.